The maximum absolute atomic E-state index is 12.9. The fourth-order valence-electron chi connectivity index (χ4n) is 4.70. The predicted octanol–water partition coefficient (Wildman–Crippen LogP) is 4.37. The number of nitrogens with zero attached hydrogens (tertiary/aromatic N) is 4. The van der Waals surface area contributed by atoms with Crippen molar-refractivity contribution in [1.82, 2.24) is 9.24 Å². The van der Waals surface area contributed by atoms with Crippen LogP contribution in [0.25, 0.3) is 10.4 Å². The molecule has 6 heteroatoms. The lowest BCUT2D eigenvalue weighted by atomic mass is 10.0. The van der Waals surface area contributed by atoms with Crippen molar-refractivity contribution in [2.24, 2.45) is 16.9 Å². The maximum Gasteiger partial charge on any atom is 0.289 e. The Bertz CT molecular complexity index is 1320. The van der Waals surface area contributed by atoms with Crippen molar-refractivity contribution in [3.05, 3.63) is 86.7 Å². The van der Waals surface area contributed by atoms with Gasteiger partial charge in [-0.2, -0.15) is 9.94 Å². The number of fused-ring (bicyclic) bond motifs is 2. The first-order chi connectivity index (χ1) is 14.5. The Balaban J connectivity index is 1.72. The topological polar surface area (TPSA) is 63.1 Å². The number of allylic oxidation sites excluding steroid dienone is 2. The highest BCUT2D eigenvalue weighted by Crippen LogP contribution is 2.46. The summed E-state index contributed by atoms with van der Waals surface area (Å²) >= 11 is 1.59. The van der Waals surface area contributed by atoms with Gasteiger partial charge in [0.25, 0.3) is 5.56 Å². The van der Waals surface area contributed by atoms with Crippen LogP contribution in [0.15, 0.2) is 64.6 Å². The van der Waals surface area contributed by atoms with Crippen LogP contribution in [0.3, 0.4) is 0 Å². The SMILES string of the molecule is Cc1cc(C)n(N=c2sc(-c3ccccc3)cn2[C@H]2C[C@@H]3C=C[C@H]2C3)c(=O)c1C#N. The smallest absolute Gasteiger partial charge is 0.289 e. The Hall–Kier alpha value is -3.17. The standard InChI is InChI=1S/C24H22N4OS/c1-15-10-16(2)28(23(29)20(15)13-25)26-24-27(21-12-17-8-9-19(21)11-17)14-22(30-24)18-6-4-3-5-7-18/h3-10,14,17,19,21H,11-12H2,1-2H3/t17-,19+,21+/m1/s1. The van der Waals surface area contributed by atoms with Gasteiger partial charge in [0.2, 0.25) is 4.80 Å². The summed E-state index contributed by atoms with van der Waals surface area (Å²) in [6.07, 6.45) is 9.13. The van der Waals surface area contributed by atoms with Gasteiger partial charge in [0, 0.05) is 17.9 Å². The second-order valence-electron chi connectivity index (χ2n) is 8.17. The Morgan fingerprint density at radius 1 is 1.17 bits per heavy atom. The highest BCUT2D eigenvalue weighted by atomic mass is 32.1. The van der Waals surface area contributed by atoms with Gasteiger partial charge in [-0.15, -0.1) is 5.10 Å². The van der Waals surface area contributed by atoms with Gasteiger partial charge >= 0.3 is 0 Å². The molecular weight excluding hydrogens is 392 g/mol. The van der Waals surface area contributed by atoms with Gasteiger partial charge in [-0.3, -0.25) is 4.79 Å². The van der Waals surface area contributed by atoms with Gasteiger partial charge in [-0.1, -0.05) is 53.8 Å². The van der Waals surface area contributed by atoms with Crippen LogP contribution in [-0.2, 0) is 0 Å². The van der Waals surface area contributed by atoms with E-state index in [4.69, 9.17) is 5.10 Å². The van der Waals surface area contributed by atoms with Crippen LogP contribution in [-0.4, -0.2) is 9.24 Å². The molecule has 1 saturated carbocycles. The van der Waals surface area contributed by atoms with E-state index in [-0.39, 0.29) is 11.1 Å². The van der Waals surface area contributed by atoms with Crippen LogP contribution >= 0.6 is 11.3 Å². The van der Waals surface area contributed by atoms with Gasteiger partial charge in [0.1, 0.15) is 11.6 Å². The van der Waals surface area contributed by atoms with E-state index < -0.39 is 0 Å². The summed E-state index contributed by atoms with van der Waals surface area (Å²) in [4.78, 5) is 14.8. The second kappa shape index (κ2) is 7.26. The van der Waals surface area contributed by atoms with E-state index in [1.165, 1.54) is 11.1 Å². The fraction of sp³-hybridized carbons (Fsp3) is 0.292. The Kier molecular flexibility index (Phi) is 4.56. The minimum Gasteiger partial charge on any atom is -0.318 e. The van der Waals surface area contributed by atoms with Gasteiger partial charge in [0.05, 0.1) is 4.88 Å². The van der Waals surface area contributed by atoms with Crippen molar-refractivity contribution in [3.8, 4) is 16.5 Å². The Labute approximate surface area is 178 Å². The summed E-state index contributed by atoms with van der Waals surface area (Å²) in [5.41, 5.74) is 2.35. The van der Waals surface area contributed by atoms with E-state index in [2.05, 4.69) is 35.0 Å². The molecule has 2 aliphatic rings. The molecule has 5 nitrogen and oxygen atoms in total. The molecule has 1 aromatic carbocycles. The molecule has 5 rings (SSSR count). The molecule has 0 radical (unpaired) electrons. The molecule has 2 heterocycles. The van der Waals surface area contributed by atoms with Crippen LogP contribution in [0.5, 0.6) is 0 Å². The van der Waals surface area contributed by atoms with Gasteiger partial charge < -0.3 is 4.57 Å². The lowest BCUT2D eigenvalue weighted by Gasteiger charge is -2.20. The van der Waals surface area contributed by atoms with E-state index in [0.29, 0.717) is 23.4 Å². The summed E-state index contributed by atoms with van der Waals surface area (Å²) in [5.74, 6) is 1.15. The molecule has 0 N–H and O–H groups in total. The van der Waals surface area contributed by atoms with E-state index in [9.17, 15) is 10.1 Å². The molecule has 3 atom stereocenters. The fourth-order valence-corrected chi connectivity index (χ4v) is 5.74. The number of rotatable bonds is 3. The summed E-state index contributed by atoms with van der Waals surface area (Å²) < 4.78 is 3.63. The maximum atomic E-state index is 12.9. The molecule has 2 bridgehead atoms. The van der Waals surface area contributed by atoms with E-state index in [1.807, 2.05) is 37.3 Å². The molecule has 0 saturated heterocycles. The third-order valence-corrected chi connectivity index (χ3v) is 7.23. The minimum atomic E-state index is -0.357. The summed E-state index contributed by atoms with van der Waals surface area (Å²) in [7, 11) is 0. The van der Waals surface area contributed by atoms with Crippen molar-refractivity contribution in [3.63, 3.8) is 0 Å². The molecule has 0 aliphatic heterocycles. The molecule has 1 fully saturated rings. The first kappa shape index (κ1) is 18.8. The molecule has 0 spiro atoms. The molecule has 0 unspecified atom stereocenters. The third kappa shape index (κ3) is 3.06. The Morgan fingerprint density at radius 2 is 1.97 bits per heavy atom. The van der Waals surface area contributed by atoms with Crippen molar-refractivity contribution < 1.29 is 0 Å². The zero-order valence-corrected chi connectivity index (χ0v) is 17.8. The molecular formula is C24H22N4OS. The minimum absolute atomic E-state index is 0.151. The van der Waals surface area contributed by atoms with Crippen molar-refractivity contribution in [2.45, 2.75) is 32.7 Å². The second-order valence-corrected chi connectivity index (χ2v) is 9.18. The zero-order valence-electron chi connectivity index (χ0n) is 16.9. The first-order valence-electron chi connectivity index (χ1n) is 10.2. The molecule has 150 valence electrons. The summed E-state index contributed by atoms with van der Waals surface area (Å²) in [6, 6.07) is 14.5. The average Bonchev–Trinajstić information content (AvgIpc) is 3.47. The van der Waals surface area contributed by atoms with Crippen LogP contribution in [0.2, 0.25) is 0 Å². The molecule has 2 aliphatic carbocycles. The Morgan fingerprint density at radius 3 is 2.63 bits per heavy atom. The number of hydrogen-bond donors (Lipinski definition) is 0. The molecule has 2 aromatic heterocycles. The quantitative estimate of drug-likeness (QED) is 0.598. The number of pyridine rings is 1. The lowest BCUT2D eigenvalue weighted by Crippen LogP contribution is -2.28. The van der Waals surface area contributed by atoms with Crippen molar-refractivity contribution in [1.29, 1.82) is 5.26 Å². The van der Waals surface area contributed by atoms with Crippen LogP contribution in [0.1, 0.15) is 35.7 Å². The van der Waals surface area contributed by atoms with Gasteiger partial charge in [-0.05, 0) is 55.7 Å². The monoisotopic (exact) mass is 414 g/mol. The first-order valence-corrected chi connectivity index (χ1v) is 11.0. The lowest BCUT2D eigenvalue weighted by molar-refractivity contribution is 0.421. The predicted molar refractivity (Wildman–Crippen MR) is 118 cm³/mol. The number of aromatic nitrogens is 2. The van der Waals surface area contributed by atoms with Gasteiger partial charge in [0.15, 0.2) is 0 Å². The number of hydrogen-bond acceptors (Lipinski definition) is 4. The average molecular weight is 415 g/mol. The van der Waals surface area contributed by atoms with E-state index in [1.54, 1.807) is 18.3 Å². The number of thiazole rings is 1. The highest BCUT2D eigenvalue weighted by molar-refractivity contribution is 7.12. The summed E-state index contributed by atoms with van der Waals surface area (Å²) in [5, 5.41) is 14.2. The van der Waals surface area contributed by atoms with Crippen LogP contribution in [0, 0.1) is 37.0 Å². The molecule has 30 heavy (non-hydrogen) atoms. The third-order valence-electron chi connectivity index (χ3n) is 6.20. The van der Waals surface area contributed by atoms with E-state index >= 15 is 0 Å². The largest absolute Gasteiger partial charge is 0.318 e. The normalized spacial score (nSPS) is 22.6. The van der Waals surface area contributed by atoms with Crippen LogP contribution < -0.4 is 10.4 Å². The van der Waals surface area contributed by atoms with Crippen molar-refractivity contribution in [2.75, 3.05) is 0 Å². The van der Waals surface area contributed by atoms with Crippen LogP contribution in [0.4, 0.5) is 0 Å². The summed E-state index contributed by atoms with van der Waals surface area (Å²) in [6.45, 7) is 3.65. The molecule has 0 amide bonds. The zero-order chi connectivity index (χ0) is 20.8. The molecule has 3 aromatic rings. The van der Waals surface area contributed by atoms with Gasteiger partial charge in [-0.25, -0.2) is 0 Å². The highest BCUT2D eigenvalue weighted by Gasteiger charge is 2.37. The van der Waals surface area contributed by atoms with E-state index in [0.717, 1.165) is 27.4 Å². The number of nitriles is 1. The number of benzene rings is 1. The van der Waals surface area contributed by atoms with Crippen molar-refractivity contribution >= 4 is 11.3 Å². The number of aryl methyl sites for hydroxylation is 2.